The zero-order valence-corrected chi connectivity index (χ0v) is 15.7. The summed E-state index contributed by atoms with van der Waals surface area (Å²) in [7, 11) is 0. The largest absolute Gasteiger partial charge is 0.443 e. The van der Waals surface area contributed by atoms with E-state index >= 15 is 0 Å². The number of carbonyl (C=O) groups excluding carboxylic acids is 1. The number of hydrogen-bond acceptors (Lipinski definition) is 4. The maximum atomic E-state index is 12.6. The molecule has 0 spiro atoms. The van der Waals surface area contributed by atoms with Crippen LogP contribution in [-0.4, -0.2) is 41.2 Å². The van der Waals surface area contributed by atoms with E-state index in [2.05, 4.69) is 22.9 Å². The number of hydrogen-bond donors (Lipinski definition) is 0. The van der Waals surface area contributed by atoms with Crippen molar-refractivity contribution in [1.29, 1.82) is 0 Å². The van der Waals surface area contributed by atoms with Crippen LogP contribution in [0.2, 0.25) is 0 Å². The minimum absolute atomic E-state index is 0.323. The van der Waals surface area contributed by atoms with Gasteiger partial charge < -0.3 is 4.74 Å². The lowest BCUT2D eigenvalue weighted by molar-refractivity contribution is 0.0580. The van der Waals surface area contributed by atoms with Gasteiger partial charge in [0.1, 0.15) is 11.4 Å². The number of ether oxygens (including phenoxy) is 1. The first-order chi connectivity index (χ1) is 11.4. The second-order valence-electron chi connectivity index (χ2n) is 7.28. The van der Waals surface area contributed by atoms with Gasteiger partial charge in [-0.15, -0.1) is 0 Å². The molecule has 1 aromatic heterocycles. The Bertz CT molecular complexity index is 554. The summed E-state index contributed by atoms with van der Waals surface area (Å²) in [5.41, 5.74) is 0.617. The molecule has 1 atom stereocenters. The third kappa shape index (κ3) is 4.47. The molecule has 0 radical (unpaired) electrons. The van der Waals surface area contributed by atoms with Crippen LogP contribution in [0.1, 0.15) is 65.5 Å². The molecule has 1 aliphatic rings. The monoisotopic (exact) mass is 333 g/mol. The van der Waals surface area contributed by atoms with Crippen LogP contribution in [0.15, 0.2) is 18.3 Å². The van der Waals surface area contributed by atoms with Crippen LogP contribution in [0.5, 0.6) is 0 Å². The van der Waals surface area contributed by atoms with Crippen molar-refractivity contribution in [3.63, 3.8) is 0 Å². The number of amides is 1. The molecule has 1 aliphatic heterocycles. The Morgan fingerprint density at radius 2 is 2.12 bits per heavy atom. The van der Waals surface area contributed by atoms with Gasteiger partial charge >= 0.3 is 6.09 Å². The van der Waals surface area contributed by atoms with Crippen LogP contribution < -0.4 is 4.90 Å². The van der Waals surface area contributed by atoms with Crippen LogP contribution in [0.3, 0.4) is 0 Å². The fourth-order valence-corrected chi connectivity index (χ4v) is 3.30. The first kappa shape index (κ1) is 18.7. The molecule has 5 nitrogen and oxygen atoms in total. The highest BCUT2D eigenvalue weighted by Gasteiger charge is 2.30. The number of aromatic nitrogens is 1. The number of carbonyl (C=O) groups is 1. The van der Waals surface area contributed by atoms with Crippen LogP contribution in [0, 0.1) is 0 Å². The van der Waals surface area contributed by atoms with Gasteiger partial charge in [0.2, 0.25) is 0 Å². The lowest BCUT2D eigenvalue weighted by Crippen LogP contribution is -2.39. The van der Waals surface area contributed by atoms with Crippen LogP contribution in [-0.2, 0) is 4.74 Å². The maximum Gasteiger partial charge on any atom is 0.415 e. The van der Waals surface area contributed by atoms with Crippen molar-refractivity contribution in [2.45, 2.75) is 65.5 Å². The third-order valence-corrected chi connectivity index (χ3v) is 4.38. The van der Waals surface area contributed by atoms with E-state index < -0.39 is 5.60 Å². The predicted octanol–water partition coefficient (Wildman–Crippen LogP) is 4.39. The van der Waals surface area contributed by atoms with E-state index in [9.17, 15) is 4.79 Å². The molecular formula is C19H31N3O2. The first-order valence-electron chi connectivity index (χ1n) is 9.06. The standard InChI is InChI=1S/C19H31N3O2/c1-6-21-14-9-8-12-16(21)15-11-10-13-20-17(15)22(7-2)18(23)24-19(3,4)5/h10-11,13,16H,6-9,12,14H2,1-5H3. The molecule has 0 N–H and O–H groups in total. The molecule has 0 aromatic carbocycles. The van der Waals surface area contributed by atoms with E-state index in [1.54, 1.807) is 11.1 Å². The summed E-state index contributed by atoms with van der Waals surface area (Å²) in [5.74, 6) is 0.736. The molecule has 0 aliphatic carbocycles. The summed E-state index contributed by atoms with van der Waals surface area (Å²) in [6.07, 6.45) is 4.99. The Balaban J connectivity index is 2.34. The second-order valence-corrected chi connectivity index (χ2v) is 7.28. The second kappa shape index (κ2) is 7.97. The van der Waals surface area contributed by atoms with Crippen LogP contribution in [0.4, 0.5) is 10.6 Å². The Hall–Kier alpha value is -1.62. The third-order valence-electron chi connectivity index (χ3n) is 4.38. The van der Waals surface area contributed by atoms with Crippen LogP contribution >= 0.6 is 0 Å². The summed E-state index contributed by atoms with van der Waals surface area (Å²) < 4.78 is 5.57. The topological polar surface area (TPSA) is 45.7 Å². The molecule has 0 bridgehead atoms. The van der Waals surface area contributed by atoms with Gasteiger partial charge in [-0.1, -0.05) is 19.4 Å². The molecular weight excluding hydrogens is 302 g/mol. The van der Waals surface area contributed by atoms with Crippen molar-refractivity contribution in [2.75, 3.05) is 24.5 Å². The maximum absolute atomic E-state index is 12.6. The average molecular weight is 333 g/mol. The summed E-state index contributed by atoms with van der Waals surface area (Å²) >= 11 is 0. The summed E-state index contributed by atoms with van der Waals surface area (Å²) in [5, 5.41) is 0. The van der Waals surface area contributed by atoms with E-state index in [-0.39, 0.29) is 6.09 Å². The zero-order valence-electron chi connectivity index (χ0n) is 15.7. The van der Waals surface area contributed by atoms with Crippen molar-refractivity contribution in [3.05, 3.63) is 23.9 Å². The number of nitrogens with zero attached hydrogens (tertiary/aromatic N) is 3. The van der Waals surface area contributed by atoms with E-state index in [1.807, 2.05) is 33.8 Å². The van der Waals surface area contributed by atoms with Gasteiger partial charge in [-0.25, -0.2) is 9.78 Å². The highest BCUT2D eigenvalue weighted by atomic mass is 16.6. The van der Waals surface area contributed by atoms with E-state index in [4.69, 9.17) is 4.74 Å². The van der Waals surface area contributed by atoms with Gasteiger partial charge in [0, 0.05) is 24.3 Å². The van der Waals surface area contributed by atoms with E-state index in [0.717, 1.165) is 30.9 Å². The minimum atomic E-state index is -0.514. The number of anilines is 1. The fraction of sp³-hybridized carbons (Fsp3) is 0.684. The Morgan fingerprint density at radius 1 is 1.38 bits per heavy atom. The molecule has 5 heteroatoms. The Labute approximate surface area is 146 Å². The quantitative estimate of drug-likeness (QED) is 0.820. The molecule has 1 aromatic rings. The summed E-state index contributed by atoms with van der Waals surface area (Å²) in [4.78, 5) is 21.3. The Kier molecular flexibility index (Phi) is 6.21. The predicted molar refractivity (Wildman–Crippen MR) is 97.3 cm³/mol. The lowest BCUT2D eigenvalue weighted by Gasteiger charge is -2.37. The van der Waals surface area contributed by atoms with Crippen molar-refractivity contribution in [1.82, 2.24) is 9.88 Å². The molecule has 1 amide bonds. The molecule has 1 fully saturated rings. The van der Waals surface area contributed by atoms with Gasteiger partial charge in [0.15, 0.2) is 0 Å². The normalized spacial score (nSPS) is 19.1. The summed E-state index contributed by atoms with van der Waals surface area (Å²) in [6.45, 7) is 12.5. The van der Waals surface area contributed by atoms with Crippen molar-refractivity contribution in [3.8, 4) is 0 Å². The van der Waals surface area contributed by atoms with Crippen LogP contribution in [0.25, 0.3) is 0 Å². The molecule has 1 unspecified atom stereocenters. The van der Waals surface area contributed by atoms with Crippen molar-refractivity contribution >= 4 is 11.9 Å². The molecule has 1 saturated heterocycles. The molecule has 0 saturated carbocycles. The van der Waals surface area contributed by atoms with E-state index in [0.29, 0.717) is 12.6 Å². The highest BCUT2D eigenvalue weighted by molar-refractivity contribution is 5.87. The van der Waals surface area contributed by atoms with Gasteiger partial charge in [-0.2, -0.15) is 0 Å². The number of rotatable bonds is 4. The minimum Gasteiger partial charge on any atom is -0.443 e. The average Bonchev–Trinajstić information content (AvgIpc) is 2.54. The molecule has 134 valence electrons. The lowest BCUT2D eigenvalue weighted by atomic mass is 9.95. The molecule has 2 heterocycles. The Morgan fingerprint density at radius 3 is 2.75 bits per heavy atom. The van der Waals surface area contributed by atoms with Gasteiger partial charge in [-0.05, 0) is 59.7 Å². The van der Waals surface area contributed by atoms with Crippen molar-refractivity contribution in [2.24, 2.45) is 0 Å². The smallest absolute Gasteiger partial charge is 0.415 e. The first-order valence-corrected chi connectivity index (χ1v) is 9.06. The van der Waals surface area contributed by atoms with Gasteiger partial charge in [-0.3, -0.25) is 9.80 Å². The number of pyridine rings is 1. The number of likely N-dealkylation sites (tertiary alicyclic amines) is 1. The van der Waals surface area contributed by atoms with Gasteiger partial charge in [0.25, 0.3) is 0 Å². The summed E-state index contributed by atoms with van der Waals surface area (Å²) in [6, 6.07) is 4.39. The van der Waals surface area contributed by atoms with Gasteiger partial charge in [0.05, 0.1) is 0 Å². The molecule has 2 rings (SSSR count). The van der Waals surface area contributed by atoms with E-state index in [1.165, 1.54) is 12.8 Å². The van der Waals surface area contributed by atoms with Crippen molar-refractivity contribution < 1.29 is 9.53 Å². The molecule has 24 heavy (non-hydrogen) atoms. The SMILES string of the molecule is CCN(C(=O)OC(C)(C)C)c1ncccc1C1CCCCN1CC. The number of piperidine rings is 1. The zero-order chi connectivity index (χ0) is 17.7. The highest BCUT2D eigenvalue weighted by Crippen LogP contribution is 2.35. The fourth-order valence-electron chi connectivity index (χ4n) is 3.30.